The van der Waals surface area contributed by atoms with Crippen LogP contribution in [0.3, 0.4) is 0 Å². The maximum atomic E-state index is 5.81. The van der Waals surface area contributed by atoms with Crippen LogP contribution in [0, 0.1) is 5.92 Å². The minimum atomic E-state index is 0.178. The van der Waals surface area contributed by atoms with Gasteiger partial charge in [-0.3, -0.25) is 0 Å². The van der Waals surface area contributed by atoms with Crippen LogP contribution in [-0.2, 0) is 0 Å². The second-order valence-electron chi connectivity index (χ2n) is 6.72. The highest BCUT2D eigenvalue weighted by Crippen LogP contribution is 2.36. The Bertz CT molecular complexity index is 588. The smallest absolute Gasteiger partial charge is 0.133 e. The zero-order chi connectivity index (χ0) is 16.4. The number of hydrogen-bond acceptors (Lipinski definition) is 4. The van der Waals surface area contributed by atoms with Crippen molar-refractivity contribution in [3.05, 3.63) is 28.2 Å². The van der Waals surface area contributed by atoms with Crippen molar-refractivity contribution < 1.29 is 4.74 Å². The summed E-state index contributed by atoms with van der Waals surface area (Å²) in [6.07, 6.45) is 2.48. The Morgan fingerprint density at radius 1 is 1.43 bits per heavy atom. The van der Waals surface area contributed by atoms with E-state index in [4.69, 9.17) is 4.74 Å². The normalized spacial score (nSPS) is 24.3. The molecule has 1 N–H and O–H groups in total. The van der Waals surface area contributed by atoms with Gasteiger partial charge in [-0.1, -0.05) is 13.0 Å². The maximum Gasteiger partial charge on any atom is 0.133 e. The van der Waals surface area contributed by atoms with Crippen molar-refractivity contribution in [2.45, 2.75) is 45.8 Å². The van der Waals surface area contributed by atoms with Crippen molar-refractivity contribution >= 4 is 21.6 Å². The molecule has 0 spiro atoms. The molecule has 2 atom stereocenters. The van der Waals surface area contributed by atoms with Crippen LogP contribution >= 0.6 is 15.9 Å². The molecule has 1 aromatic rings. The first-order valence-corrected chi connectivity index (χ1v) is 9.38. The molecule has 5 heteroatoms. The van der Waals surface area contributed by atoms with Crippen LogP contribution in [0.15, 0.2) is 27.8 Å². The van der Waals surface area contributed by atoms with Crippen molar-refractivity contribution in [1.82, 2.24) is 10.3 Å². The molecule has 0 radical (unpaired) electrons. The number of piperidine rings is 1. The lowest BCUT2D eigenvalue weighted by atomic mass is 9.86. The first-order chi connectivity index (χ1) is 11.1. The minimum absolute atomic E-state index is 0.178. The average molecular weight is 380 g/mol. The molecule has 2 unspecified atom stereocenters. The Hall–Kier alpha value is -1.07. The van der Waals surface area contributed by atoms with Gasteiger partial charge >= 0.3 is 0 Å². The molecule has 1 aromatic carbocycles. The number of nitrogens with zero attached hydrogens (tertiary/aromatic N) is 2. The van der Waals surface area contributed by atoms with E-state index in [2.05, 4.69) is 56.5 Å². The van der Waals surface area contributed by atoms with Crippen molar-refractivity contribution in [3.8, 4) is 5.75 Å². The fourth-order valence-electron chi connectivity index (χ4n) is 3.50. The molecule has 2 heterocycles. The Morgan fingerprint density at radius 2 is 2.26 bits per heavy atom. The first-order valence-electron chi connectivity index (χ1n) is 8.59. The Labute approximate surface area is 147 Å². The number of hydrogen-bond donors (Lipinski definition) is 1. The van der Waals surface area contributed by atoms with Gasteiger partial charge in [-0.2, -0.15) is 5.10 Å². The van der Waals surface area contributed by atoms with Crippen LogP contribution in [0.2, 0.25) is 0 Å². The molecule has 0 aliphatic carbocycles. The molecule has 0 amide bonds. The van der Waals surface area contributed by atoms with Crippen LogP contribution in [0.5, 0.6) is 5.75 Å². The van der Waals surface area contributed by atoms with Crippen LogP contribution in [-0.4, -0.2) is 36.3 Å². The molecule has 1 fully saturated rings. The van der Waals surface area contributed by atoms with E-state index < -0.39 is 0 Å². The van der Waals surface area contributed by atoms with E-state index in [1.54, 1.807) is 0 Å². The Kier molecular flexibility index (Phi) is 5.27. The Balaban J connectivity index is 1.75. The van der Waals surface area contributed by atoms with Crippen LogP contribution in [0.4, 0.5) is 0 Å². The van der Waals surface area contributed by atoms with E-state index in [0.29, 0.717) is 5.92 Å². The van der Waals surface area contributed by atoms with E-state index >= 15 is 0 Å². The molecule has 2 aliphatic rings. The SMILES string of the molecule is CCCN1CCC2=NNC(c3ccc(OC(C)C)c(Br)c3)C2C1. The Morgan fingerprint density at radius 3 is 2.96 bits per heavy atom. The minimum Gasteiger partial charge on any atom is -0.490 e. The van der Waals surface area contributed by atoms with E-state index in [1.165, 1.54) is 24.2 Å². The van der Waals surface area contributed by atoms with Gasteiger partial charge in [0.25, 0.3) is 0 Å². The third-order valence-corrected chi connectivity index (χ3v) is 5.15. The van der Waals surface area contributed by atoms with Gasteiger partial charge in [0.05, 0.1) is 16.6 Å². The number of rotatable bonds is 5. The summed E-state index contributed by atoms with van der Waals surface area (Å²) in [7, 11) is 0. The lowest BCUT2D eigenvalue weighted by Crippen LogP contribution is -2.42. The molecule has 0 aromatic heterocycles. The molecular weight excluding hydrogens is 354 g/mol. The van der Waals surface area contributed by atoms with Gasteiger partial charge in [0.1, 0.15) is 5.75 Å². The van der Waals surface area contributed by atoms with E-state index in [0.717, 1.165) is 29.7 Å². The van der Waals surface area contributed by atoms with Crippen molar-refractivity contribution in [2.24, 2.45) is 11.0 Å². The third kappa shape index (κ3) is 3.72. The number of fused-ring (bicyclic) bond motifs is 1. The summed E-state index contributed by atoms with van der Waals surface area (Å²) in [4.78, 5) is 2.56. The lowest BCUT2D eigenvalue weighted by molar-refractivity contribution is 0.228. The zero-order valence-corrected chi connectivity index (χ0v) is 15.8. The number of halogens is 1. The highest BCUT2D eigenvalue weighted by molar-refractivity contribution is 9.10. The number of benzene rings is 1. The van der Waals surface area contributed by atoms with E-state index in [9.17, 15) is 0 Å². The molecule has 0 saturated carbocycles. The number of ether oxygens (including phenoxy) is 1. The predicted octanol–water partition coefficient (Wildman–Crippen LogP) is 3.97. The van der Waals surface area contributed by atoms with Gasteiger partial charge in [-0.15, -0.1) is 0 Å². The van der Waals surface area contributed by atoms with E-state index in [-0.39, 0.29) is 12.1 Å². The molecule has 1 saturated heterocycles. The molecule has 126 valence electrons. The zero-order valence-electron chi connectivity index (χ0n) is 14.2. The second kappa shape index (κ2) is 7.22. The largest absolute Gasteiger partial charge is 0.490 e. The van der Waals surface area contributed by atoms with Crippen molar-refractivity contribution in [2.75, 3.05) is 19.6 Å². The number of nitrogens with one attached hydrogen (secondary N) is 1. The quantitative estimate of drug-likeness (QED) is 0.840. The van der Waals surface area contributed by atoms with Gasteiger partial charge in [-0.05, 0) is 60.4 Å². The number of hydrazone groups is 1. The van der Waals surface area contributed by atoms with Crippen LogP contribution < -0.4 is 10.2 Å². The fraction of sp³-hybridized carbons (Fsp3) is 0.611. The van der Waals surface area contributed by atoms with Gasteiger partial charge in [0.2, 0.25) is 0 Å². The molecule has 23 heavy (non-hydrogen) atoms. The monoisotopic (exact) mass is 379 g/mol. The topological polar surface area (TPSA) is 36.9 Å². The third-order valence-electron chi connectivity index (χ3n) is 4.53. The maximum absolute atomic E-state index is 5.81. The molecule has 4 nitrogen and oxygen atoms in total. The highest BCUT2D eigenvalue weighted by atomic mass is 79.9. The van der Waals surface area contributed by atoms with Gasteiger partial charge in [0, 0.05) is 31.1 Å². The van der Waals surface area contributed by atoms with Gasteiger partial charge < -0.3 is 15.1 Å². The summed E-state index contributed by atoms with van der Waals surface area (Å²) in [6, 6.07) is 6.67. The number of likely N-dealkylation sites (tertiary alicyclic amines) is 1. The van der Waals surface area contributed by atoms with Gasteiger partial charge in [0.15, 0.2) is 0 Å². The molecular formula is C18H26BrN3O. The summed E-state index contributed by atoms with van der Waals surface area (Å²) < 4.78 is 6.83. The highest BCUT2D eigenvalue weighted by Gasteiger charge is 2.36. The fourth-order valence-corrected chi connectivity index (χ4v) is 3.99. The van der Waals surface area contributed by atoms with Crippen molar-refractivity contribution in [1.29, 1.82) is 0 Å². The van der Waals surface area contributed by atoms with Crippen LogP contribution in [0.1, 0.15) is 45.2 Å². The molecule has 2 aliphatic heterocycles. The lowest BCUT2D eigenvalue weighted by Gasteiger charge is -2.33. The second-order valence-corrected chi connectivity index (χ2v) is 7.58. The summed E-state index contributed by atoms with van der Waals surface area (Å²) in [5.74, 6) is 1.39. The molecule has 3 rings (SSSR count). The summed E-state index contributed by atoms with van der Waals surface area (Å²) in [6.45, 7) is 9.77. The van der Waals surface area contributed by atoms with E-state index in [1.807, 2.05) is 13.8 Å². The predicted molar refractivity (Wildman–Crippen MR) is 98.1 cm³/mol. The summed E-state index contributed by atoms with van der Waals surface area (Å²) >= 11 is 3.65. The van der Waals surface area contributed by atoms with Crippen molar-refractivity contribution in [3.63, 3.8) is 0 Å². The van der Waals surface area contributed by atoms with Gasteiger partial charge in [-0.25, -0.2) is 0 Å². The molecule has 0 bridgehead atoms. The average Bonchev–Trinajstić information content (AvgIpc) is 2.92. The summed E-state index contributed by atoms with van der Waals surface area (Å²) in [5.41, 5.74) is 5.97. The van der Waals surface area contributed by atoms with Crippen LogP contribution in [0.25, 0.3) is 0 Å². The standard InChI is InChI=1S/C18H26BrN3O/c1-4-8-22-9-7-16-14(11-22)18(21-20-16)13-5-6-17(15(19)10-13)23-12(2)3/h5-6,10,12,14,18,21H,4,7-9,11H2,1-3H3. The first kappa shape index (κ1) is 16.8. The summed E-state index contributed by atoms with van der Waals surface area (Å²) in [5, 5.41) is 4.60.